The number of H-pyrrole nitrogens is 1. The van der Waals surface area contributed by atoms with Crippen molar-refractivity contribution in [1.82, 2.24) is 14.5 Å². The molecule has 9 rings (SSSR count). The van der Waals surface area contributed by atoms with Crippen LogP contribution in [0.4, 0.5) is 0 Å². The Morgan fingerprint density at radius 3 is 2.80 bits per heavy atom. The van der Waals surface area contributed by atoms with Gasteiger partial charge in [-0.1, -0.05) is 37.3 Å². The van der Waals surface area contributed by atoms with E-state index in [4.69, 9.17) is 0 Å². The molecule has 234 valence electrons. The second kappa shape index (κ2) is 9.84. The number of para-hydroxylation sites is 1. The predicted octanol–water partition coefficient (Wildman–Crippen LogP) is 7.21. The number of aliphatic hydroxyl groups excluding tert-OH is 1. The maximum absolute atomic E-state index is 11.9. The van der Waals surface area contributed by atoms with E-state index in [1.165, 1.54) is 69.5 Å². The van der Waals surface area contributed by atoms with Crippen LogP contribution in [0.1, 0.15) is 86.1 Å². The standard InChI is InChI=1S/C39H46N4O2/c1-4-24-23-43(3)19-14-28-34-29(40-36(28)32(43)21-25(24)15-20-44)11-12-33(45)35(34)31-22-39(5-2)16-8-17-41-18-13-27-26-9-6-7-10-30(26)42(31)37(27)38(39)41/h4,6-7,9-12,22,25,32,38,40,44H,5,8,13-21,23H2,1-3H3/p+1/b24-4-/t25-,32+,38-,39+,43?/m0/s1. The summed E-state index contributed by atoms with van der Waals surface area (Å²) in [7, 11) is 2.43. The number of aromatic nitrogens is 2. The van der Waals surface area contributed by atoms with Gasteiger partial charge in [0.05, 0.1) is 36.5 Å². The molecule has 5 aliphatic rings. The lowest BCUT2D eigenvalue weighted by molar-refractivity contribution is -0.942. The average molecular weight is 604 g/mol. The lowest BCUT2D eigenvalue weighted by atomic mass is 9.66. The number of aromatic amines is 1. The first-order valence-corrected chi connectivity index (χ1v) is 17.5. The van der Waals surface area contributed by atoms with Gasteiger partial charge >= 0.3 is 0 Å². The van der Waals surface area contributed by atoms with E-state index in [1.807, 2.05) is 6.07 Å². The van der Waals surface area contributed by atoms with Gasteiger partial charge in [0, 0.05) is 59.0 Å². The Bertz CT molecular complexity index is 1930. The number of piperidine rings is 2. The molecule has 45 heavy (non-hydrogen) atoms. The number of aliphatic hydroxyl groups is 1. The van der Waals surface area contributed by atoms with Gasteiger partial charge in [0.15, 0.2) is 0 Å². The second-order valence-electron chi connectivity index (χ2n) is 15.0. The Morgan fingerprint density at radius 2 is 1.98 bits per heavy atom. The third kappa shape index (κ3) is 3.68. The first kappa shape index (κ1) is 27.9. The van der Waals surface area contributed by atoms with Crippen LogP contribution in [-0.2, 0) is 12.8 Å². The molecule has 2 fully saturated rings. The SMILES string of the molecule is C/C=C1/C[N+]2(C)CCc3c([nH]c4ccc(O)c(C5=C[C@@]6(CC)CCCN7CCc8c(n5c5ccccc85)[C@H]76)c34)[C@H]2C[C@@H]1CCO. The van der Waals surface area contributed by atoms with Crippen molar-refractivity contribution in [3.8, 4) is 5.75 Å². The van der Waals surface area contributed by atoms with Crippen molar-refractivity contribution in [2.45, 2.75) is 70.9 Å². The highest BCUT2D eigenvalue weighted by atomic mass is 16.3. The maximum Gasteiger partial charge on any atom is 0.131 e. The summed E-state index contributed by atoms with van der Waals surface area (Å²) >= 11 is 0. The molecule has 4 aromatic rings. The first-order valence-electron chi connectivity index (χ1n) is 17.5. The van der Waals surface area contributed by atoms with E-state index in [2.05, 4.69) is 77.8 Å². The summed E-state index contributed by atoms with van der Waals surface area (Å²) in [5.74, 6) is 0.798. The summed E-state index contributed by atoms with van der Waals surface area (Å²) < 4.78 is 3.57. The number of likely N-dealkylation sites (N-methyl/N-ethyl adjacent to an activating group) is 1. The number of quaternary nitrogens is 1. The summed E-state index contributed by atoms with van der Waals surface area (Å²) in [5.41, 5.74) is 11.9. The number of benzene rings is 2. The van der Waals surface area contributed by atoms with Gasteiger partial charge in [-0.25, -0.2) is 0 Å². The normalized spacial score (nSPS) is 31.6. The fraction of sp³-hybridized carbons (Fsp3) is 0.487. The molecule has 1 unspecified atom stereocenters. The van der Waals surface area contributed by atoms with Crippen LogP contribution in [0.5, 0.6) is 5.75 Å². The number of phenolic OH excluding ortho intramolecular Hbond substituents is 1. The van der Waals surface area contributed by atoms with E-state index in [-0.39, 0.29) is 12.0 Å². The zero-order valence-electron chi connectivity index (χ0n) is 27.1. The van der Waals surface area contributed by atoms with Crippen molar-refractivity contribution < 1.29 is 14.7 Å². The van der Waals surface area contributed by atoms with E-state index in [0.717, 1.165) is 67.3 Å². The van der Waals surface area contributed by atoms with Gasteiger partial charge in [0.25, 0.3) is 0 Å². The van der Waals surface area contributed by atoms with Crippen molar-refractivity contribution in [3.05, 3.63) is 82.2 Å². The predicted molar refractivity (Wildman–Crippen MR) is 181 cm³/mol. The van der Waals surface area contributed by atoms with Gasteiger partial charge in [-0.2, -0.15) is 0 Å². The summed E-state index contributed by atoms with van der Waals surface area (Å²) in [6.45, 7) is 9.21. The lowest BCUT2D eigenvalue weighted by Crippen LogP contribution is -2.56. The second-order valence-corrected chi connectivity index (χ2v) is 15.0. The molecule has 0 saturated carbocycles. The largest absolute Gasteiger partial charge is 0.507 e. The molecule has 0 amide bonds. The lowest BCUT2D eigenvalue weighted by Gasteiger charge is -2.53. The number of nitrogens with one attached hydrogen (secondary N) is 1. The number of nitrogens with zero attached hydrogens (tertiary/aromatic N) is 3. The van der Waals surface area contributed by atoms with Crippen LogP contribution in [0.15, 0.2) is 54.1 Å². The number of phenols is 1. The van der Waals surface area contributed by atoms with Gasteiger partial charge in [0.1, 0.15) is 18.3 Å². The fourth-order valence-corrected chi connectivity index (χ4v) is 10.8. The smallest absolute Gasteiger partial charge is 0.131 e. The number of fused-ring (bicyclic) bond motifs is 8. The Kier molecular flexibility index (Phi) is 6.11. The number of aromatic hydroxyl groups is 1. The molecule has 5 atom stereocenters. The minimum Gasteiger partial charge on any atom is -0.507 e. The Morgan fingerprint density at radius 1 is 1.11 bits per heavy atom. The van der Waals surface area contributed by atoms with Crippen molar-refractivity contribution in [2.24, 2.45) is 11.3 Å². The summed E-state index contributed by atoms with van der Waals surface area (Å²) in [6.07, 6.45) is 12.4. The topological polar surface area (TPSA) is 64.4 Å². The summed E-state index contributed by atoms with van der Waals surface area (Å²) in [4.78, 5) is 6.72. The van der Waals surface area contributed by atoms with E-state index in [9.17, 15) is 10.2 Å². The molecule has 7 heterocycles. The molecule has 0 bridgehead atoms. The molecule has 0 radical (unpaired) electrons. The van der Waals surface area contributed by atoms with Gasteiger partial charge in [-0.3, -0.25) is 4.90 Å². The van der Waals surface area contributed by atoms with E-state index in [0.29, 0.717) is 23.8 Å². The number of rotatable bonds is 4. The number of hydrogen-bond acceptors (Lipinski definition) is 3. The molecule has 6 nitrogen and oxygen atoms in total. The van der Waals surface area contributed by atoms with E-state index >= 15 is 0 Å². The summed E-state index contributed by atoms with van der Waals surface area (Å²) in [6, 6.07) is 13.8. The van der Waals surface area contributed by atoms with Gasteiger partial charge in [-0.15, -0.1) is 0 Å². The van der Waals surface area contributed by atoms with Gasteiger partial charge < -0.3 is 24.2 Å². The highest BCUT2D eigenvalue weighted by Gasteiger charge is 2.51. The molecule has 2 aromatic heterocycles. The minimum atomic E-state index is 0.0529. The van der Waals surface area contributed by atoms with E-state index in [1.54, 1.807) is 0 Å². The third-order valence-corrected chi connectivity index (χ3v) is 13.0. The Labute approximate surface area is 266 Å². The van der Waals surface area contributed by atoms with Gasteiger partial charge in [-0.05, 0) is 86.4 Å². The molecular weight excluding hydrogens is 556 g/mol. The molecule has 3 N–H and O–H groups in total. The van der Waals surface area contributed by atoms with Crippen LogP contribution in [0.25, 0.3) is 27.5 Å². The van der Waals surface area contributed by atoms with Crippen molar-refractivity contribution in [2.75, 3.05) is 39.8 Å². The molecule has 6 heteroatoms. The molecule has 2 aromatic carbocycles. The van der Waals surface area contributed by atoms with E-state index < -0.39 is 0 Å². The number of allylic oxidation sites excluding steroid dienone is 1. The van der Waals surface area contributed by atoms with Crippen LogP contribution in [0.3, 0.4) is 0 Å². The minimum absolute atomic E-state index is 0.0529. The molecule has 2 saturated heterocycles. The Balaban J connectivity index is 1.30. The third-order valence-electron chi connectivity index (χ3n) is 13.0. The molecule has 5 aliphatic heterocycles. The number of hydrogen-bond donors (Lipinski definition) is 3. The van der Waals surface area contributed by atoms with Crippen LogP contribution in [0, 0.1) is 11.3 Å². The summed E-state index contributed by atoms with van der Waals surface area (Å²) in [5, 5.41) is 24.5. The monoisotopic (exact) mass is 603 g/mol. The highest BCUT2D eigenvalue weighted by molar-refractivity contribution is 6.02. The fourth-order valence-electron chi connectivity index (χ4n) is 10.8. The molecular formula is C39H47N4O2+. The molecule has 0 aliphatic carbocycles. The maximum atomic E-state index is 11.9. The van der Waals surface area contributed by atoms with Gasteiger partial charge in [0.2, 0.25) is 0 Å². The van der Waals surface area contributed by atoms with Crippen molar-refractivity contribution >= 4 is 27.5 Å². The quantitative estimate of drug-likeness (QED) is 0.171. The van der Waals surface area contributed by atoms with Crippen molar-refractivity contribution in [3.63, 3.8) is 0 Å². The van der Waals surface area contributed by atoms with Crippen LogP contribution in [0.2, 0.25) is 0 Å². The zero-order chi connectivity index (χ0) is 30.7. The highest BCUT2D eigenvalue weighted by Crippen LogP contribution is 2.59. The average Bonchev–Trinajstić information content (AvgIpc) is 3.60. The van der Waals surface area contributed by atoms with Crippen LogP contribution >= 0.6 is 0 Å². The van der Waals surface area contributed by atoms with Crippen LogP contribution in [-0.4, -0.2) is 69.0 Å². The Hall–Kier alpha value is -3.32. The van der Waals surface area contributed by atoms with Crippen molar-refractivity contribution in [1.29, 1.82) is 0 Å². The zero-order valence-corrected chi connectivity index (χ0v) is 27.1. The van der Waals surface area contributed by atoms with Crippen LogP contribution < -0.4 is 0 Å². The first-order chi connectivity index (χ1) is 21.9. The molecule has 0 spiro atoms.